The van der Waals surface area contributed by atoms with Crippen LogP contribution in [0.3, 0.4) is 0 Å². The fourth-order valence-electron chi connectivity index (χ4n) is 5.25. The van der Waals surface area contributed by atoms with Crippen molar-refractivity contribution in [2.75, 3.05) is 27.9 Å². The van der Waals surface area contributed by atoms with Gasteiger partial charge in [-0.15, -0.1) is 0 Å². The Morgan fingerprint density at radius 2 is 1.67 bits per heavy atom. The number of likely N-dealkylation sites (N-methyl/N-ethyl adjacent to an activating group) is 1. The van der Waals surface area contributed by atoms with Crippen molar-refractivity contribution in [3.05, 3.63) is 35.9 Å². The molecule has 1 aromatic carbocycles. The topological polar surface area (TPSA) is 165 Å². The molecule has 2 heterocycles. The molecule has 0 unspecified atom stereocenters. The molecule has 6 atom stereocenters. The van der Waals surface area contributed by atoms with E-state index in [2.05, 4.69) is 5.32 Å². The van der Waals surface area contributed by atoms with E-state index >= 15 is 0 Å². The fourth-order valence-corrected chi connectivity index (χ4v) is 5.25. The van der Waals surface area contributed by atoms with Crippen LogP contribution in [0.1, 0.15) is 59.9 Å². The van der Waals surface area contributed by atoms with Crippen LogP contribution in [-0.2, 0) is 54.1 Å². The maximum atomic E-state index is 13.4. The van der Waals surface area contributed by atoms with Crippen molar-refractivity contribution in [3.63, 3.8) is 0 Å². The fraction of sp³-hybridized carbons (Fsp3) is 0.656. The van der Waals surface area contributed by atoms with Crippen LogP contribution in [0.15, 0.2) is 30.3 Å². The molecule has 2 amide bonds. The number of methoxy groups -OCH3 is 2. The molecule has 0 aromatic heterocycles. The molecule has 0 spiro atoms. The number of nitrogens with one attached hydrogen (secondary N) is 1. The van der Waals surface area contributed by atoms with E-state index in [4.69, 9.17) is 33.2 Å². The van der Waals surface area contributed by atoms with Crippen molar-refractivity contribution in [2.24, 2.45) is 5.41 Å². The number of hydrogen-bond acceptors (Lipinski definition) is 12. The van der Waals surface area contributed by atoms with Crippen molar-refractivity contribution in [1.82, 2.24) is 10.2 Å². The molecule has 2 aliphatic rings. The highest BCUT2D eigenvalue weighted by molar-refractivity contribution is 5.85. The van der Waals surface area contributed by atoms with E-state index in [0.29, 0.717) is 0 Å². The van der Waals surface area contributed by atoms with Gasteiger partial charge in [-0.05, 0) is 47.1 Å². The number of esters is 3. The van der Waals surface area contributed by atoms with Gasteiger partial charge in [0, 0.05) is 19.9 Å². The number of ether oxygens (including phenoxy) is 7. The first-order valence-corrected chi connectivity index (χ1v) is 15.0. The predicted molar refractivity (Wildman–Crippen MR) is 161 cm³/mol. The molecule has 256 valence electrons. The van der Waals surface area contributed by atoms with Crippen LogP contribution in [0.25, 0.3) is 0 Å². The third-order valence-corrected chi connectivity index (χ3v) is 7.53. The second-order valence-corrected chi connectivity index (χ2v) is 13.4. The van der Waals surface area contributed by atoms with Gasteiger partial charge in [0.05, 0.1) is 32.3 Å². The molecule has 46 heavy (non-hydrogen) atoms. The van der Waals surface area contributed by atoms with Crippen LogP contribution in [0.2, 0.25) is 0 Å². The van der Waals surface area contributed by atoms with Crippen LogP contribution in [0.4, 0.5) is 9.59 Å². The van der Waals surface area contributed by atoms with E-state index in [9.17, 15) is 24.0 Å². The summed E-state index contributed by atoms with van der Waals surface area (Å²) < 4.78 is 39.2. The number of rotatable bonds is 9. The Morgan fingerprint density at radius 3 is 2.24 bits per heavy atom. The van der Waals surface area contributed by atoms with E-state index < -0.39 is 83.5 Å². The van der Waals surface area contributed by atoms with Crippen LogP contribution in [0, 0.1) is 5.41 Å². The van der Waals surface area contributed by atoms with Crippen molar-refractivity contribution < 1.29 is 57.1 Å². The van der Waals surface area contributed by atoms with E-state index in [1.165, 1.54) is 11.9 Å². The van der Waals surface area contributed by atoms with Crippen molar-refractivity contribution >= 4 is 30.1 Å². The van der Waals surface area contributed by atoms with Gasteiger partial charge in [-0.25, -0.2) is 19.2 Å². The Bertz CT molecular complexity index is 1260. The van der Waals surface area contributed by atoms with Crippen LogP contribution in [0.5, 0.6) is 0 Å². The summed E-state index contributed by atoms with van der Waals surface area (Å²) in [6.07, 6.45) is -5.02. The Hall–Kier alpha value is -3.91. The zero-order valence-electron chi connectivity index (χ0n) is 27.9. The molecule has 2 aliphatic heterocycles. The molecule has 0 radical (unpaired) electrons. The van der Waals surface area contributed by atoms with E-state index in [1.807, 2.05) is 6.07 Å². The van der Waals surface area contributed by atoms with Crippen molar-refractivity contribution in [3.8, 4) is 0 Å². The summed E-state index contributed by atoms with van der Waals surface area (Å²) in [5.74, 6) is -2.25. The highest BCUT2D eigenvalue weighted by Crippen LogP contribution is 2.43. The van der Waals surface area contributed by atoms with Gasteiger partial charge in [-0.1, -0.05) is 30.3 Å². The summed E-state index contributed by atoms with van der Waals surface area (Å²) in [6.45, 7) is 10.0. The van der Waals surface area contributed by atoms with Crippen molar-refractivity contribution in [2.45, 2.75) is 103 Å². The highest BCUT2D eigenvalue weighted by atomic mass is 16.6. The standard InChI is InChI=1S/C32H46N2O12/c1-30(2,3)26(36)44-22-18-42-21-16-32(27(37)41-9,45-24(21)23(22)34(7)29(39)46-31(4,5)6)15-20(25(35)40-8)33-28(38)43-17-19-13-11-10-12-14-19/h10-14,20-24H,15-18H2,1-9H3,(H,33,38)/t20-,21+,22-,23+,24-,32+/m0/s1. The first-order chi connectivity index (χ1) is 21.4. The number of hydrogen-bond donors (Lipinski definition) is 1. The smallest absolute Gasteiger partial charge is 0.410 e. The van der Waals surface area contributed by atoms with Gasteiger partial charge in [-0.3, -0.25) is 4.79 Å². The Labute approximate surface area is 269 Å². The van der Waals surface area contributed by atoms with Gasteiger partial charge in [0.15, 0.2) is 5.60 Å². The number of carbonyl (C=O) groups excluding carboxylic acids is 5. The lowest BCUT2D eigenvalue weighted by molar-refractivity contribution is -0.199. The highest BCUT2D eigenvalue weighted by Gasteiger charge is 2.61. The maximum Gasteiger partial charge on any atom is 0.410 e. The number of carbonyl (C=O) groups is 5. The first kappa shape index (κ1) is 36.6. The third kappa shape index (κ3) is 9.09. The minimum Gasteiger partial charge on any atom is -0.467 e. The van der Waals surface area contributed by atoms with Crippen LogP contribution < -0.4 is 5.32 Å². The van der Waals surface area contributed by atoms with Crippen LogP contribution in [-0.4, -0.2) is 104 Å². The van der Waals surface area contributed by atoms with Gasteiger partial charge in [0.25, 0.3) is 0 Å². The number of amides is 2. The zero-order valence-corrected chi connectivity index (χ0v) is 27.9. The summed E-state index contributed by atoms with van der Waals surface area (Å²) in [4.78, 5) is 66.5. The largest absolute Gasteiger partial charge is 0.467 e. The molecule has 2 saturated heterocycles. The third-order valence-electron chi connectivity index (χ3n) is 7.53. The molecule has 0 bridgehead atoms. The number of fused-ring (bicyclic) bond motifs is 1. The molecule has 0 aliphatic carbocycles. The zero-order chi connectivity index (χ0) is 34.4. The number of alkyl carbamates (subject to hydrolysis) is 1. The minimum atomic E-state index is -1.84. The molecular formula is C32H46N2O12. The van der Waals surface area contributed by atoms with Crippen LogP contribution >= 0.6 is 0 Å². The Balaban J connectivity index is 1.92. The Kier molecular flexibility index (Phi) is 11.7. The van der Waals surface area contributed by atoms with Crippen molar-refractivity contribution in [1.29, 1.82) is 0 Å². The summed E-state index contributed by atoms with van der Waals surface area (Å²) >= 11 is 0. The number of nitrogens with zero attached hydrogens (tertiary/aromatic N) is 1. The monoisotopic (exact) mass is 650 g/mol. The van der Waals surface area contributed by atoms with E-state index in [-0.39, 0.29) is 19.6 Å². The van der Waals surface area contributed by atoms with E-state index in [0.717, 1.165) is 19.8 Å². The average Bonchev–Trinajstić information content (AvgIpc) is 3.37. The first-order valence-electron chi connectivity index (χ1n) is 15.0. The Morgan fingerprint density at radius 1 is 1.02 bits per heavy atom. The average molecular weight is 651 g/mol. The summed E-state index contributed by atoms with van der Waals surface area (Å²) in [5, 5.41) is 2.46. The second kappa shape index (κ2) is 14.7. The molecule has 3 rings (SSSR count). The number of benzene rings is 1. The molecule has 14 nitrogen and oxygen atoms in total. The maximum absolute atomic E-state index is 13.4. The van der Waals surface area contributed by atoms with Gasteiger partial charge in [0.2, 0.25) is 0 Å². The normalized spacial score (nSPS) is 24.9. The quantitative estimate of drug-likeness (QED) is 0.307. The van der Waals surface area contributed by atoms with Gasteiger partial charge < -0.3 is 43.4 Å². The minimum absolute atomic E-state index is 0.0649. The molecular weight excluding hydrogens is 604 g/mol. The lowest BCUT2D eigenvalue weighted by Crippen LogP contribution is -2.62. The molecule has 1 N–H and O–H groups in total. The summed E-state index contributed by atoms with van der Waals surface area (Å²) in [6, 6.07) is 6.56. The summed E-state index contributed by atoms with van der Waals surface area (Å²) in [7, 11) is 3.76. The lowest BCUT2D eigenvalue weighted by Gasteiger charge is -2.43. The van der Waals surface area contributed by atoms with Gasteiger partial charge in [-0.2, -0.15) is 0 Å². The van der Waals surface area contributed by atoms with Gasteiger partial charge in [0.1, 0.15) is 36.5 Å². The van der Waals surface area contributed by atoms with E-state index in [1.54, 1.807) is 65.8 Å². The predicted octanol–water partition coefficient (Wildman–Crippen LogP) is 3.14. The molecule has 1 aromatic rings. The molecule has 0 saturated carbocycles. The SMILES string of the molecule is COC(=O)[C@H](C[C@]1(C(=O)OC)C[C@H]2OC[C@H](OC(=O)C(C)(C)C)[C@@H](N(C)C(=O)OC(C)(C)C)[C@H]2O1)NC(=O)OCc1ccccc1. The lowest BCUT2D eigenvalue weighted by atomic mass is 9.88. The van der Waals surface area contributed by atoms with Gasteiger partial charge >= 0.3 is 30.1 Å². The molecule has 2 fully saturated rings. The summed E-state index contributed by atoms with van der Waals surface area (Å²) in [5.41, 5.74) is -2.83. The molecule has 14 heteroatoms. The second-order valence-electron chi connectivity index (χ2n) is 13.4.